The second-order valence-electron chi connectivity index (χ2n) is 9.72. The number of anilines is 1. The van der Waals surface area contributed by atoms with Crippen LogP contribution in [-0.2, 0) is 0 Å². The second kappa shape index (κ2) is 9.32. The first-order chi connectivity index (χ1) is 18.1. The molecule has 1 N–H and O–H groups in total. The average Bonchev–Trinajstić information content (AvgIpc) is 3.27. The zero-order valence-corrected chi connectivity index (χ0v) is 21.1. The van der Waals surface area contributed by atoms with Gasteiger partial charge < -0.3 is 19.3 Å². The number of methoxy groups -OCH3 is 1. The van der Waals surface area contributed by atoms with Crippen LogP contribution in [0.1, 0.15) is 48.1 Å². The predicted octanol–water partition coefficient (Wildman–Crippen LogP) is 7.32. The van der Waals surface area contributed by atoms with E-state index in [0.29, 0.717) is 11.3 Å². The molecule has 1 amide bonds. The lowest BCUT2D eigenvalue weighted by Crippen LogP contribution is -2.45. The average molecular weight is 491 g/mol. The summed E-state index contributed by atoms with van der Waals surface area (Å²) < 4.78 is 7.65. The summed E-state index contributed by atoms with van der Waals surface area (Å²) in [6.45, 7) is 2.16. The van der Waals surface area contributed by atoms with Crippen LogP contribution in [0.3, 0.4) is 0 Å². The summed E-state index contributed by atoms with van der Waals surface area (Å²) in [5.41, 5.74) is 4.92. The van der Waals surface area contributed by atoms with Crippen molar-refractivity contribution in [3.05, 3.63) is 102 Å². The summed E-state index contributed by atoms with van der Waals surface area (Å²) in [5, 5.41) is 12.9. The number of phenols is 1. The van der Waals surface area contributed by atoms with Crippen LogP contribution in [-0.4, -0.2) is 28.7 Å². The Hall–Kier alpha value is -4.25. The van der Waals surface area contributed by atoms with Gasteiger partial charge in [0, 0.05) is 39.1 Å². The lowest BCUT2D eigenvalue weighted by molar-refractivity contribution is 0.0968. The quantitative estimate of drug-likeness (QED) is 0.281. The van der Waals surface area contributed by atoms with Gasteiger partial charge in [0.1, 0.15) is 0 Å². The molecule has 0 fully saturated rings. The van der Waals surface area contributed by atoms with E-state index in [1.165, 1.54) is 35.0 Å². The Labute approximate surface area is 216 Å². The minimum atomic E-state index is -0.107. The van der Waals surface area contributed by atoms with Crippen LogP contribution in [0.5, 0.6) is 11.5 Å². The molecule has 5 nitrogen and oxygen atoms in total. The first kappa shape index (κ1) is 23.2. The number of nitrogens with zero attached hydrogens (tertiary/aromatic N) is 2. The van der Waals surface area contributed by atoms with Gasteiger partial charge in [-0.2, -0.15) is 0 Å². The van der Waals surface area contributed by atoms with Gasteiger partial charge in [0.05, 0.1) is 13.2 Å². The fourth-order valence-corrected chi connectivity index (χ4v) is 6.03. The molecule has 37 heavy (non-hydrogen) atoms. The molecule has 5 aromatic rings. The fraction of sp³-hybridized carbons (Fsp3) is 0.219. The maximum atomic E-state index is 14.0. The molecule has 6 rings (SSSR count). The molecule has 0 spiro atoms. The Balaban J connectivity index is 1.53. The van der Waals surface area contributed by atoms with E-state index in [0.717, 1.165) is 30.5 Å². The lowest BCUT2D eigenvalue weighted by atomic mass is 9.88. The van der Waals surface area contributed by atoms with Gasteiger partial charge in [0.15, 0.2) is 11.5 Å². The number of rotatable bonds is 5. The molecule has 4 aromatic carbocycles. The van der Waals surface area contributed by atoms with Crippen molar-refractivity contribution >= 4 is 33.4 Å². The van der Waals surface area contributed by atoms with Crippen molar-refractivity contribution in [3.8, 4) is 11.5 Å². The molecule has 2 atom stereocenters. The molecule has 0 radical (unpaired) electrons. The van der Waals surface area contributed by atoms with E-state index in [1.807, 2.05) is 11.0 Å². The summed E-state index contributed by atoms with van der Waals surface area (Å²) in [5.74, 6) is 0.213. The SMILES string of the molecule is CCCC1CC(n2c3ccccc3c3ccccc32)c2ccccc2N1C(=O)c1ccc(OC)c(O)c1. The minimum Gasteiger partial charge on any atom is -0.504 e. The molecule has 1 aliphatic rings. The maximum absolute atomic E-state index is 14.0. The van der Waals surface area contributed by atoms with Gasteiger partial charge >= 0.3 is 0 Å². The number of hydrogen-bond donors (Lipinski definition) is 1. The van der Waals surface area contributed by atoms with E-state index >= 15 is 0 Å². The molecule has 2 heterocycles. The first-order valence-corrected chi connectivity index (χ1v) is 12.9. The van der Waals surface area contributed by atoms with Crippen LogP contribution in [0, 0.1) is 0 Å². The number of carbonyl (C=O) groups is 1. The van der Waals surface area contributed by atoms with Gasteiger partial charge in [-0.15, -0.1) is 0 Å². The number of ether oxygens (including phenoxy) is 1. The first-order valence-electron chi connectivity index (χ1n) is 12.9. The van der Waals surface area contributed by atoms with Crippen LogP contribution in [0.4, 0.5) is 5.69 Å². The van der Waals surface area contributed by atoms with Gasteiger partial charge in [0.25, 0.3) is 5.91 Å². The maximum Gasteiger partial charge on any atom is 0.258 e. The van der Waals surface area contributed by atoms with E-state index in [1.54, 1.807) is 12.1 Å². The number of aromatic nitrogens is 1. The molecule has 1 aliphatic heterocycles. The van der Waals surface area contributed by atoms with Gasteiger partial charge in [-0.25, -0.2) is 0 Å². The van der Waals surface area contributed by atoms with Crippen molar-refractivity contribution in [1.82, 2.24) is 4.57 Å². The third kappa shape index (κ3) is 3.73. The Morgan fingerprint density at radius 1 is 0.919 bits per heavy atom. The minimum absolute atomic E-state index is 0.0153. The number of aromatic hydroxyl groups is 1. The fourth-order valence-electron chi connectivity index (χ4n) is 6.03. The largest absolute Gasteiger partial charge is 0.504 e. The van der Waals surface area contributed by atoms with Crippen molar-refractivity contribution in [2.24, 2.45) is 0 Å². The number of phenolic OH excluding ortho intramolecular Hbond substituents is 1. The Bertz CT molecular complexity index is 1570. The van der Waals surface area contributed by atoms with Crippen molar-refractivity contribution in [2.75, 3.05) is 12.0 Å². The van der Waals surface area contributed by atoms with E-state index < -0.39 is 0 Å². The van der Waals surface area contributed by atoms with Gasteiger partial charge in [-0.05, 0) is 54.8 Å². The Morgan fingerprint density at radius 3 is 2.22 bits per heavy atom. The molecule has 2 unspecified atom stereocenters. The van der Waals surface area contributed by atoms with Crippen LogP contribution >= 0.6 is 0 Å². The summed E-state index contributed by atoms with van der Waals surface area (Å²) >= 11 is 0. The summed E-state index contributed by atoms with van der Waals surface area (Å²) in [4.78, 5) is 15.9. The summed E-state index contributed by atoms with van der Waals surface area (Å²) in [6.07, 6.45) is 2.65. The van der Waals surface area contributed by atoms with E-state index in [2.05, 4.69) is 78.2 Å². The number of benzene rings is 4. The molecular weight excluding hydrogens is 460 g/mol. The van der Waals surface area contributed by atoms with Crippen LogP contribution in [0.25, 0.3) is 21.8 Å². The number of para-hydroxylation sites is 3. The molecule has 0 saturated heterocycles. The number of hydrogen-bond acceptors (Lipinski definition) is 3. The Morgan fingerprint density at radius 2 is 1.57 bits per heavy atom. The van der Waals surface area contributed by atoms with Crippen molar-refractivity contribution in [2.45, 2.75) is 38.3 Å². The third-order valence-corrected chi connectivity index (χ3v) is 7.61. The summed E-state index contributed by atoms with van der Waals surface area (Å²) in [6, 6.07) is 30.4. The number of amides is 1. The molecule has 186 valence electrons. The van der Waals surface area contributed by atoms with E-state index in [-0.39, 0.29) is 23.7 Å². The van der Waals surface area contributed by atoms with Crippen LogP contribution < -0.4 is 9.64 Å². The zero-order valence-electron chi connectivity index (χ0n) is 21.1. The normalized spacial score (nSPS) is 17.2. The van der Waals surface area contributed by atoms with E-state index in [4.69, 9.17) is 4.74 Å². The standard InChI is InChI=1S/C32H30N2O3/c1-3-10-22-20-29(34-26-14-7-4-11-23(26)24-12-5-8-15-27(24)34)25-13-6-9-16-28(25)33(22)32(36)21-17-18-31(37-2)30(35)19-21/h4-9,11-19,22,29,35H,3,10,20H2,1-2H3. The molecule has 0 saturated carbocycles. The zero-order chi connectivity index (χ0) is 25.5. The molecular formula is C32H30N2O3. The molecule has 0 bridgehead atoms. The lowest BCUT2D eigenvalue weighted by Gasteiger charge is -2.42. The van der Waals surface area contributed by atoms with Crippen molar-refractivity contribution in [3.63, 3.8) is 0 Å². The monoisotopic (exact) mass is 490 g/mol. The second-order valence-corrected chi connectivity index (χ2v) is 9.72. The highest BCUT2D eigenvalue weighted by molar-refractivity contribution is 6.09. The van der Waals surface area contributed by atoms with E-state index in [9.17, 15) is 9.90 Å². The highest BCUT2D eigenvalue weighted by Crippen LogP contribution is 2.45. The van der Waals surface area contributed by atoms with Crippen LogP contribution in [0.2, 0.25) is 0 Å². The van der Waals surface area contributed by atoms with Gasteiger partial charge in [-0.1, -0.05) is 67.9 Å². The molecule has 0 aliphatic carbocycles. The predicted molar refractivity (Wildman–Crippen MR) is 149 cm³/mol. The topological polar surface area (TPSA) is 54.7 Å². The molecule has 1 aromatic heterocycles. The molecule has 5 heteroatoms. The Kier molecular flexibility index (Phi) is 5.84. The van der Waals surface area contributed by atoms with Crippen LogP contribution in [0.15, 0.2) is 91.0 Å². The van der Waals surface area contributed by atoms with Crippen molar-refractivity contribution in [1.29, 1.82) is 0 Å². The van der Waals surface area contributed by atoms with Gasteiger partial charge in [0.2, 0.25) is 0 Å². The smallest absolute Gasteiger partial charge is 0.258 e. The highest BCUT2D eigenvalue weighted by atomic mass is 16.5. The van der Waals surface area contributed by atoms with Gasteiger partial charge in [-0.3, -0.25) is 4.79 Å². The number of fused-ring (bicyclic) bond motifs is 4. The van der Waals surface area contributed by atoms with Crippen molar-refractivity contribution < 1.29 is 14.6 Å². The highest BCUT2D eigenvalue weighted by Gasteiger charge is 2.37. The number of carbonyl (C=O) groups excluding carboxylic acids is 1. The third-order valence-electron chi connectivity index (χ3n) is 7.61. The summed E-state index contributed by atoms with van der Waals surface area (Å²) in [7, 11) is 1.50.